The van der Waals surface area contributed by atoms with E-state index in [9.17, 15) is 14.4 Å². The van der Waals surface area contributed by atoms with Gasteiger partial charge in [0.1, 0.15) is 6.04 Å². The number of benzene rings is 2. The predicted molar refractivity (Wildman–Crippen MR) is 113 cm³/mol. The molecule has 0 bridgehead atoms. The molecule has 2 atom stereocenters. The summed E-state index contributed by atoms with van der Waals surface area (Å²) < 4.78 is 5.16. The van der Waals surface area contributed by atoms with Gasteiger partial charge in [-0.1, -0.05) is 49.4 Å². The third-order valence-electron chi connectivity index (χ3n) is 4.23. The largest absolute Gasteiger partial charge is 0.451 e. The first kappa shape index (κ1) is 21.9. The van der Waals surface area contributed by atoms with Gasteiger partial charge < -0.3 is 15.4 Å². The molecular weight excluding hydrogens is 368 g/mol. The number of esters is 1. The number of amides is 2. The fourth-order valence-electron chi connectivity index (χ4n) is 2.45. The molecule has 2 aromatic carbocycles. The SMILES string of the molecule is CCc1ccc(NC(=O)[C@H](C)OC(=O)[C@H](C)NC(=O)/C=C/c2ccccc2)cc1. The Hall–Kier alpha value is -3.41. The monoisotopic (exact) mass is 394 g/mol. The van der Waals surface area contributed by atoms with Crippen LogP contribution in [0.15, 0.2) is 60.7 Å². The zero-order valence-corrected chi connectivity index (χ0v) is 16.8. The van der Waals surface area contributed by atoms with Crippen molar-refractivity contribution < 1.29 is 19.1 Å². The van der Waals surface area contributed by atoms with Crippen molar-refractivity contribution in [2.24, 2.45) is 0 Å². The minimum atomic E-state index is -0.993. The first-order valence-corrected chi connectivity index (χ1v) is 9.53. The Balaban J connectivity index is 1.81. The number of hydrogen-bond donors (Lipinski definition) is 2. The fraction of sp³-hybridized carbons (Fsp3) is 0.261. The van der Waals surface area contributed by atoms with E-state index in [0.717, 1.165) is 17.5 Å². The van der Waals surface area contributed by atoms with Gasteiger partial charge in [-0.3, -0.25) is 9.59 Å². The first-order chi connectivity index (χ1) is 13.9. The van der Waals surface area contributed by atoms with Crippen LogP contribution in [-0.2, 0) is 25.5 Å². The second-order valence-electron chi connectivity index (χ2n) is 6.59. The maximum Gasteiger partial charge on any atom is 0.329 e. The molecule has 6 heteroatoms. The van der Waals surface area contributed by atoms with Crippen molar-refractivity contribution in [2.75, 3.05) is 5.32 Å². The summed E-state index contributed by atoms with van der Waals surface area (Å²) in [6.45, 7) is 5.04. The molecule has 0 heterocycles. The van der Waals surface area contributed by atoms with Crippen LogP contribution >= 0.6 is 0 Å². The van der Waals surface area contributed by atoms with E-state index in [-0.39, 0.29) is 0 Å². The summed E-state index contributed by atoms with van der Waals surface area (Å²) in [7, 11) is 0. The van der Waals surface area contributed by atoms with E-state index in [1.54, 1.807) is 18.2 Å². The van der Waals surface area contributed by atoms with Crippen LogP contribution in [0.25, 0.3) is 6.08 Å². The molecule has 0 radical (unpaired) electrons. The van der Waals surface area contributed by atoms with E-state index in [2.05, 4.69) is 10.6 Å². The minimum absolute atomic E-state index is 0.425. The van der Waals surface area contributed by atoms with Crippen LogP contribution < -0.4 is 10.6 Å². The Labute approximate surface area is 171 Å². The van der Waals surface area contributed by atoms with Gasteiger partial charge in [0.2, 0.25) is 5.91 Å². The zero-order valence-electron chi connectivity index (χ0n) is 16.8. The summed E-state index contributed by atoms with van der Waals surface area (Å²) in [5.74, 6) is -1.55. The van der Waals surface area contributed by atoms with Gasteiger partial charge in [0.25, 0.3) is 5.91 Å². The molecule has 6 nitrogen and oxygen atoms in total. The molecule has 2 aromatic rings. The summed E-state index contributed by atoms with van der Waals surface area (Å²) in [5, 5.41) is 5.23. The van der Waals surface area contributed by atoms with Crippen LogP contribution in [0.2, 0.25) is 0 Å². The Kier molecular flexibility index (Phi) is 8.15. The van der Waals surface area contributed by atoms with E-state index in [1.165, 1.54) is 19.9 Å². The van der Waals surface area contributed by atoms with Crippen LogP contribution in [0.5, 0.6) is 0 Å². The molecule has 152 valence electrons. The van der Waals surface area contributed by atoms with E-state index in [0.29, 0.717) is 5.69 Å². The summed E-state index contributed by atoms with van der Waals surface area (Å²) in [6, 6.07) is 15.9. The number of carbonyl (C=O) groups is 3. The molecular formula is C23H26N2O4. The maximum atomic E-state index is 12.2. The molecule has 0 spiro atoms. The highest BCUT2D eigenvalue weighted by atomic mass is 16.5. The lowest BCUT2D eigenvalue weighted by Gasteiger charge is -2.17. The van der Waals surface area contributed by atoms with Crippen molar-refractivity contribution in [3.63, 3.8) is 0 Å². The quantitative estimate of drug-likeness (QED) is 0.531. The van der Waals surface area contributed by atoms with Crippen molar-refractivity contribution in [2.45, 2.75) is 39.3 Å². The highest BCUT2D eigenvalue weighted by molar-refractivity contribution is 5.97. The van der Waals surface area contributed by atoms with Crippen molar-refractivity contribution in [1.82, 2.24) is 5.32 Å². The summed E-state index contributed by atoms with van der Waals surface area (Å²) in [4.78, 5) is 36.3. The normalized spacial score (nSPS) is 12.8. The van der Waals surface area contributed by atoms with Crippen molar-refractivity contribution in [3.05, 3.63) is 71.8 Å². The molecule has 2 N–H and O–H groups in total. The van der Waals surface area contributed by atoms with Gasteiger partial charge in [0.15, 0.2) is 6.10 Å². The number of rotatable bonds is 8. The molecule has 0 aliphatic carbocycles. The second-order valence-corrected chi connectivity index (χ2v) is 6.59. The molecule has 0 saturated heterocycles. The first-order valence-electron chi connectivity index (χ1n) is 9.53. The average Bonchev–Trinajstić information content (AvgIpc) is 2.73. The minimum Gasteiger partial charge on any atom is -0.451 e. The predicted octanol–water partition coefficient (Wildman–Crippen LogP) is 3.34. The molecule has 0 aliphatic heterocycles. The lowest BCUT2D eigenvalue weighted by molar-refractivity contribution is -0.155. The molecule has 2 amide bonds. The molecule has 0 unspecified atom stereocenters. The van der Waals surface area contributed by atoms with Gasteiger partial charge in [-0.05, 0) is 49.6 Å². The Morgan fingerprint density at radius 3 is 2.28 bits per heavy atom. The number of anilines is 1. The third kappa shape index (κ3) is 7.25. The molecule has 0 aromatic heterocycles. The van der Waals surface area contributed by atoms with Crippen LogP contribution in [0.3, 0.4) is 0 Å². The van der Waals surface area contributed by atoms with Gasteiger partial charge in [-0.25, -0.2) is 4.79 Å². The lowest BCUT2D eigenvalue weighted by Crippen LogP contribution is -2.41. The van der Waals surface area contributed by atoms with Crippen molar-refractivity contribution in [1.29, 1.82) is 0 Å². The van der Waals surface area contributed by atoms with Crippen molar-refractivity contribution >= 4 is 29.5 Å². The molecule has 2 rings (SSSR count). The highest BCUT2D eigenvalue weighted by Gasteiger charge is 2.22. The average molecular weight is 394 g/mol. The lowest BCUT2D eigenvalue weighted by atomic mass is 10.1. The Morgan fingerprint density at radius 2 is 1.66 bits per heavy atom. The second kappa shape index (κ2) is 10.8. The maximum absolute atomic E-state index is 12.2. The highest BCUT2D eigenvalue weighted by Crippen LogP contribution is 2.11. The summed E-state index contributed by atoms with van der Waals surface area (Å²) >= 11 is 0. The topological polar surface area (TPSA) is 84.5 Å². The van der Waals surface area contributed by atoms with Gasteiger partial charge in [0.05, 0.1) is 0 Å². The Morgan fingerprint density at radius 1 is 1.00 bits per heavy atom. The summed E-state index contributed by atoms with van der Waals surface area (Å²) in [5.41, 5.74) is 2.66. The fourth-order valence-corrected chi connectivity index (χ4v) is 2.45. The third-order valence-corrected chi connectivity index (χ3v) is 4.23. The van der Waals surface area contributed by atoms with E-state index < -0.39 is 29.9 Å². The Bertz CT molecular complexity index is 860. The molecule has 0 aliphatic rings. The van der Waals surface area contributed by atoms with E-state index in [4.69, 9.17) is 4.74 Å². The van der Waals surface area contributed by atoms with Crippen LogP contribution in [0.4, 0.5) is 5.69 Å². The number of carbonyl (C=O) groups excluding carboxylic acids is 3. The van der Waals surface area contributed by atoms with Gasteiger partial charge in [-0.2, -0.15) is 0 Å². The smallest absolute Gasteiger partial charge is 0.329 e. The zero-order chi connectivity index (χ0) is 21.2. The van der Waals surface area contributed by atoms with E-state index >= 15 is 0 Å². The van der Waals surface area contributed by atoms with Gasteiger partial charge in [0, 0.05) is 11.8 Å². The molecule has 0 fully saturated rings. The number of aryl methyl sites for hydroxylation is 1. The number of ether oxygens (including phenoxy) is 1. The van der Waals surface area contributed by atoms with Gasteiger partial charge in [-0.15, -0.1) is 0 Å². The molecule has 29 heavy (non-hydrogen) atoms. The van der Waals surface area contributed by atoms with Gasteiger partial charge >= 0.3 is 5.97 Å². The van der Waals surface area contributed by atoms with Crippen LogP contribution in [-0.4, -0.2) is 29.9 Å². The number of hydrogen-bond acceptors (Lipinski definition) is 4. The van der Waals surface area contributed by atoms with Crippen LogP contribution in [0.1, 0.15) is 31.9 Å². The standard InChI is InChI=1S/C23H26N2O4/c1-4-18-10-13-20(14-11-18)25-22(27)17(3)29-23(28)16(2)24-21(26)15-12-19-8-6-5-7-9-19/h5-17H,4H2,1-3H3,(H,24,26)(H,25,27)/b15-12+/t16-,17-/m0/s1. The van der Waals surface area contributed by atoms with Crippen molar-refractivity contribution in [3.8, 4) is 0 Å². The van der Waals surface area contributed by atoms with E-state index in [1.807, 2.05) is 49.4 Å². The summed E-state index contributed by atoms with van der Waals surface area (Å²) in [6.07, 6.45) is 2.90. The number of nitrogens with one attached hydrogen (secondary N) is 2. The molecule has 0 saturated carbocycles. The van der Waals surface area contributed by atoms with Crippen LogP contribution in [0, 0.1) is 0 Å².